The fraction of sp³-hybridized carbons (Fsp3) is 0.480. The van der Waals surface area contributed by atoms with Gasteiger partial charge in [-0.05, 0) is 63.5 Å². The van der Waals surface area contributed by atoms with Gasteiger partial charge in [-0.2, -0.15) is 23.5 Å². The maximum atomic E-state index is 14.0. The van der Waals surface area contributed by atoms with E-state index in [1.165, 1.54) is 22.7 Å². The van der Waals surface area contributed by atoms with E-state index in [4.69, 9.17) is 0 Å². The first kappa shape index (κ1) is 26.3. The van der Waals surface area contributed by atoms with Gasteiger partial charge in [0, 0.05) is 16.2 Å². The summed E-state index contributed by atoms with van der Waals surface area (Å²) in [5.74, 6) is -0.0906. The van der Waals surface area contributed by atoms with E-state index in [0.717, 1.165) is 39.3 Å². The van der Waals surface area contributed by atoms with Crippen LogP contribution in [0, 0.1) is 22.7 Å². The van der Waals surface area contributed by atoms with Crippen LogP contribution in [0.15, 0.2) is 22.0 Å². The molecule has 1 aliphatic heterocycles. The number of aromatic nitrogens is 2. The number of nitriles is 1. The Morgan fingerprint density at radius 3 is 2.73 bits per heavy atom. The van der Waals surface area contributed by atoms with Gasteiger partial charge in [-0.1, -0.05) is 26.8 Å². The van der Waals surface area contributed by atoms with Crippen LogP contribution in [0.5, 0.6) is 0 Å². The number of carbonyl (C=O) groups excluding carboxylic acids is 1. The molecule has 0 aromatic carbocycles. The molecule has 0 radical (unpaired) electrons. The minimum absolute atomic E-state index is 0.108. The van der Waals surface area contributed by atoms with E-state index >= 15 is 0 Å². The molecule has 0 unspecified atom stereocenters. The Morgan fingerprint density at radius 1 is 1.35 bits per heavy atom. The Labute approximate surface area is 229 Å². The maximum Gasteiger partial charge on any atom is 0.410 e. The molecule has 3 aromatic rings. The standard InChI is InChI=1S/C25H25BrF3N5OS2/c1-24(2,3)12-6-7-13-14(11-30)23(37-17(13)9-12)32-22(35)20-19(26)21-31-15(16-5-4-8-36-16)10-18(25(27,28)29)34(21)33-20/h4-5,8,12,15,18,31H,6-7,9-10H2,1-3H3,(H,32,35)/t12-,15+,18-/m1/s1. The minimum atomic E-state index is -4.55. The van der Waals surface area contributed by atoms with Gasteiger partial charge in [-0.25, -0.2) is 4.68 Å². The van der Waals surface area contributed by atoms with Gasteiger partial charge in [0.2, 0.25) is 0 Å². The Morgan fingerprint density at radius 2 is 2.11 bits per heavy atom. The molecular formula is C25H25BrF3N5OS2. The summed E-state index contributed by atoms with van der Waals surface area (Å²) in [6, 6.07) is 3.36. The molecule has 1 amide bonds. The van der Waals surface area contributed by atoms with Crippen molar-refractivity contribution in [2.45, 2.75) is 64.7 Å². The van der Waals surface area contributed by atoms with Crippen LogP contribution < -0.4 is 10.6 Å². The average molecular weight is 613 g/mol. The van der Waals surface area contributed by atoms with Crippen molar-refractivity contribution in [3.8, 4) is 6.07 Å². The lowest BCUT2D eigenvalue weighted by Crippen LogP contribution is -2.35. The molecule has 0 saturated heterocycles. The molecule has 196 valence electrons. The number of rotatable bonds is 3. The summed E-state index contributed by atoms with van der Waals surface area (Å²) >= 11 is 6.07. The molecule has 2 N–H and O–H groups in total. The van der Waals surface area contributed by atoms with E-state index in [1.807, 2.05) is 5.38 Å². The topological polar surface area (TPSA) is 82.7 Å². The lowest BCUT2D eigenvalue weighted by molar-refractivity contribution is -0.173. The van der Waals surface area contributed by atoms with E-state index < -0.39 is 24.2 Å². The number of halogens is 4. The van der Waals surface area contributed by atoms with Crippen LogP contribution in [0.25, 0.3) is 0 Å². The Kier molecular flexibility index (Phi) is 6.69. The summed E-state index contributed by atoms with van der Waals surface area (Å²) in [5.41, 5.74) is 1.36. The van der Waals surface area contributed by atoms with Gasteiger partial charge >= 0.3 is 6.18 Å². The highest BCUT2D eigenvalue weighted by atomic mass is 79.9. The minimum Gasteiger partial charge on any atom is -0.362 e. The van der Waals surface area contributed by atoms with Gasteiger partial charge < -0.3 is 10.6 Å². The first-order valence-corrected chi connectivity index (χ1v) is 14.4. The summed E-state index contributed by atoms with van der Waals surface area (Å²) in [7, 11) is 0. The highest BCUT2D eigenvalue weighted by Crippen LogP contribution is 2.48. The largest absolute Gasteiger partial charge is 0.410 e. The van der Waals surface area contributed by atoms with Crippen LogP contribution in [-0.4, -0.2) is 21.9 Å². The number of fused-ring (bicyclic) bond motifs is 2. The smallest absolute Gasteiger partial charge is 0.362 e. The highest BCUT2D eigenvalue weighted by Gasteiger charge is 2.48. The zero-order valence-corrected chi connectivity index (χ0v) is 23.6. The molecular weight excluding hydrogens is 587 g/mol. The van der Waals surface area contributed by atoms with Gasteiger partial charge in [0.15, 0.2) is 11.7 Å². The first-order chi connectivity index (χ1) is 17.4. The number of alkyl halides is 3. The zero-order valence-electron chi connectivity index (χ0n) is 20.4. The third-order valence-electron chi connectivity index (χ3n) is 7.23. The van der Waals surface area contributed by atoms with Gasteiger partial charge in [-0.3, -0.25) is 4.79 Å². The van der Waals surface area contributed by atoms with Crippen LogP contribution in [0.4, 0.5) is 24.0 Å². The van der Waals surface area contributed by atoms with Crippen LogP contribution in [0.2, 0.25) is 0 Å². The van der Waals surface area contributed by atoms with Gasteiger partial charge in [0.1, 0.15) is 16.9 Å². The third kappa shape index (κ3) is 4.81. The quantitative estimate of drug-likeness (QED) is 0.318. The fourth-order valence-corrected chi connectivity index (χ4v) is 7.72. The van der Waals surface area contributed by atoms with Crippen molar-refractivity contribution in [3.63, 3.8) is 0 Å². The van der Waals surface area contributed by atoms with E-state index in [-0.39, 0.29) is 27.8 Å². The monoisotopic (exact) mass is 611 g/mol. The van der Waals surface area contributed by atoms with Crippen molar-refractivity contribution in [2.75, 3.05) is 10.6 Å². The average Bonchev–Trinajstić information content (AvgIpc) is 3.54. The molecule has 5 rings (SSSR count). The maximum absolute atomic E-state index is 14.0. The molecule has 2 aliphatic rings. The van der Waals surface area contributed by atoms with E-state index in [2.05, 4.69) is 58.5 Å². The van der Waals surface area contributed by atoms with E-state index in [0.29, 0.717) is 16.5 Å². The first-order valence-electron chi connectivity index (χ1n) is 11.9. The van der Waals surface area contributed by atoms with Crippen molar-refractivity contribution in [2.24, 2.45) is 11.3 Å². The highest BCUT2D eigenvalue weighted by molar-refractivity contribution is 9.10. The Bertz CT molecular complexity index is 1380. The molecule has 12 heteroatoms. The van der Waals surface area contributed by atoms with E-state index in [1.54, 1.807) is 12.1 Å². The predicted octanol–water partition coefficient (Wildman–Crippen LogP) is 7.70. The second-order valence-electron chi connectivity index (χ2n) is 10.5. The number of carbonyl (C=O) groups is 1. The Balaban J connectivity index is 1.46. The molecule has 4 heterocycles. The van der Waals surface area contributed by atoms with Crippen LogP contribution in [-0.2, 0) is 12.8 Å². The zero-order chi connectivity index (χ0) is 26.7. The van der Waals surface area contributed by atoms with Crippen LogP contribution in [0.1, 0.15) is 77.1 Å². The van der Waals surface area contributed by atoms with Crippen LogP contribution in [0.3, 0.4) is 0 Å². The normalized spacial score (nSPS) is 21.5. The molecule has 0 saturated carbocycles. The van der Waals surface area contributed by atoms with Gasteiger partial charge in [-0.15, -0.1) is 22.7 Å². The number of nitrogens with zero attached hydrogens (tertiary/aromatic N) is 3. The van der Waals surface area contributed by atoms with Gasteiger partial charge in [0.05, 0.1) is 16.1 Å². The van der Waals surface area contributed by atoms with E-state index in [9.17, 15) is 23.2 Å². The second-order valence-corrected chi connectivity index (χ2v) is 13.4. The Hall–Kier alpha value is -2.36. The molecule has 6 nitrogen and oxygen atoms in total. The molecule has 37 heavy (non-hydrogen) atoms. The van der Waals surface area contributed by atoms with Crippen molar-refractivity contribution in [1.29, 1.82) is 5.26 Å². The SMILES string of the molecule is CC(C)(C)[C@@H]1CCc2c(sc(NC(=O)c3nn4c(c3Br)N[C@H](c3cccs3)C[C@@H]4C(F)(F)F)c2C#N)C1. The summed E-state index contributed by atoms with van der Waals surface area (Å²) in [6.07, 6.45) is -2.23. The number of anilines is 2. The van der Waals surface area contributed by atoms with Crippen LogP contribution >= 0.6 is 38.6 Å². The number of amides is 1. The van der Waals surface area contributed by atoms with Crippen molar-refractivity contribution in [3.05, 3.63) is 48.6 Å². The van der Waals surface area contributed by atoms with Crippen molar-refractivity contribution < 1.29 is 18.0 Å². The fourth-order valence-electron chi connectivity index (χ4n) is 5.10. The summed E-state index contributed by atoms with van der Waals surface area (Å²) in [5, 5.41) is 22.1. The number of hydrogen-bond donors (Lipinski definition) is 2. The number of nitrogens with one attached hydrogen (secondary N) is 2. The molecule has 3 aromatic heterocycles. The number of thiophene rings is 2. The molecule has 0 fully saturated rings. The molecule has 3 atom stereocenters. The second kappa shape index (κ2) is 9.43. The summed E-state index contributed by atoms with van der Waals surface area (Å²) < 4.78 is 43.1. The van der Waals surface area contributed by atoms with Gasteiger partial charge in [0.25, 0.3) is 5.91 Å². The van der Waals surface area contributed by atoms with Crippen molar-refractivity contribution in [1.82, 2.24) is 9.78 Å². The lowest BCUT2D eigenvalue weighted by atomic mass is 9.72. The summed E-state index contributed by atoms with van der Waals surface area (Å²) in [6.45, 7) is 6.61. The predicted molar refractivity (Wildman–Crippen MR) is 142 cm³/mol. The lowest BCUT2D eigenvalue weighted by Gasteiger charge is -2.33. The molecule has 1 aliphatic carbocycles. The molecule has 0 spiro atoms. The molecule has 0 bridgehead atoms. The third-order valence-corrected chi connectivity index (χ3v) is 10.1. The van der Waals surface area contributed by atoms with Crippen molar-refractivity contribution >= 4 is 55.3 Å². The summed E-state index contributed by atoms with van der Waals surface area (Å²) in [4.78, 5) is 15.2. The number of hydrogen-bond acceptors (Lipinski definition) is 6.